The first-order chi connectivity index (χ1) is 6.80. The first-order valence-corrected chi connectivity index (χ1v) is 5.74. The Balaban J connectivity index is 2.90. The van der Waals surface area contributed by atoms with Crippen LogP contribution in [-0.4, -0.2) is 5.91 Å². The summed E-state index contributed by atoms with van der Waals surface area (Å²) in [6.07, 6.45) is 0. The van der Waals surface area contributed by atoms with Gasteiger partial charge in [0.1, 0.15) is 0 Å². The number of hydrogen-bond acceptors (Lipinski definition) is 1. The quantitative estimate of drug-likeness (QED) is 0.829. The molecule has 4 heteroatoms. The molecule has 1 amide bonds. The molecule has 0 fully saturated rings. The molecule has 0 aliphatic carbocycles. The third kappa shape index (κ3) is 3.50. The molecule has 1 rings (SSSR count). The van der Waals surface area contributed by atoms with E-state index in [1.165, 1.54) is 0 Å². The van der Waals surface area contributed by atoms with Gasteiger partial charge in [-0.2, -0.15) is 0 Å². The van der Waals surface area contributed by atoms with E-state index in [1.54, 1.807) is 12.1 Å². The first kappa shape index (κ1) is 12.5. The normalized spacial score (nSPS) is 11.3. The van der Waals surface area contributed by atoms with E-state index in [-0.39, 0.29) is 5.91 Å². The summed E-state index contributed by atoms with van der Waals surface area (Å²) in [6, 6.07) is 5.35. The summed E-state index contributed by atoms with van der Waals surface area (Å²) in [5.41, 5.74) is 0.206. The molecule has 1 aromatic carbocycles. The molecule has 0 unspecified atom stereocenters. The Morgan fingerprint density at radius 1 is 1.40 bits per heavy atom. The van der Waals surface area contributed by atoms with E-state index in [0.717, 1.165) is 4.47 Å². The second-order valence-corrected chi connectivity index (χ2v) is 5.65. The maximum absolute atomic E-state index is 11.7. The standard InChI is InChI=1S/C11H13BrClNO/c1-11(2,3)10(15)14-9-6-7(12)4-5-8(9)13/h4-6H,1-3H3,(H,14,15). The minimum atomic E-state index is -0.425. The van der Waals surface area contributed by atoms with Crippen LogP contribution in [0.5, 0.6) is 0 Å². The van der Waals surface area contributed by atoms with E-state index in [2.05, 4.69) is 21.2 Å². The van der Waals surface area contributed by atoms with Gasteiger partial charge in [-0.05, 0) is 18.2 Å². The van der Waals surface area contributed by atoms with E-state index in [0.29, 0.717) is 10.7 Å². The molecule has 0 saturated heterocycles. The number of carbonyl (C=O) groups excluding carboxylic acids is 1. The molecule has 0 bridgehead atoms. The fourth-order valence-electron chi connectivity index (χ4n) is 0.903. The van der Waals surface area contributed by atoms with Gasteiger partial charge < -0.3 is 5.32 Å². The number of amides is 1. The van der Waals surface area contributed by atoms with Crippen molar-refractivity contribution >= 4 is 39.1 Å². The van der Waals surface area contributed by atoms with Crippen LogP contribution < -0.4 is 5.32 Å². The monoisotopic (exact) mass is 289 g/mol. The van der Waals surface area contributed by atoms with Crippen molar-refractivity contribution in [2.75, 3.05) is 5.32 Å². The lowest BCUT2D eigenvalue weighted by Gasteiger charge is -2.18. The average Bonchev–Trinajstić information content (AvgIpc) is 2.09. The maximum atomic E-state index is 11.7. The van der Waals surface area contributed by atoms with Crippen LogP contribution in [0.2, 0.25) is 5.02 Å². The molecule has 2 nitrogen and oxygen atoms in total. The highest BCUT2D eigenvalue weighted by molar-refractivity contribution is 9.10. The summed E-state index contributed by atoms with van der Waals surface area (Å²) in [5, 5.41) is 3.33. The number of benzene rings is 1. The van der Waals surface area contributed by atoms with Gasteiger partial charge in [0.25, 0.3) is 0 Å². The van der Waals surface area contributed by atoms with E-state index < -0.39 is 5.41 Å². The number of anilines is 1. The third-order valence-corrected chi connectivity index (χ3v) is 2.68. The zero-order valence-corrected chi connectivity index (χ0v) is 11.2. The van der Waals surface area contributed by atoms with Gasteiger partial charge in [-0.3, -0.25) is 4.79 Å². The van der Waals surface area contributed by atoms with E-state index in [4.69, 9.17) is 11.6 Å². The summed E-state index contributed by atoms with van der Waals surface area (Å²) in [4.78, 5) is 11.7. The highest BCUT2D eigenvalue weighted by atomic mass is 79.9. The van der Waals surface area contributed by atoms with Crippen molar-refractivity contribution in [1.29, 1.82) is 0 Å². The van der Waals surface area contributed by atoms with Gasteiger partial charge >= 0.3 is 0 Å². The third-order valence-electron chi connectivity index (χ3n) is 1.86. The Morgan fingerprint density at radius 2 is 2.00 bits per heavy atom. The van der Waals surface area contributed by atoms with Crippen molar-refractivity contribution in [2.24, 2.45) is 5.41 Å². The van der Waals surface area contributed by atoms with Crippen LogP contribution >= 0.6 is 27.5 Å². The summed E-state index contributed by atoms with van der Waals surface area (Å²) < 4.78 is 0.885. The van der Waals surface area contributed by atoms with Gasteiger partial charge in [0.05, 0.1) is 10.7 Å². The summed E-state index contributed by atoms with van der Waals surface area (Å²) in [7, 11) is 0. The van der Waals surface area contributed by atoms with Crippen LogP contribution in [0.1, 0.15) is 20.8 Å². The van der Waals surface area contributed by atoms with Crippen LogP contribution in [0, 0.1) is 5.41 Å². The Labute approximate surface area is 103 Å². The first-order valence-electron chi connectivity index (χ1n) is 4.57. The number of rotatable bonds is 1. The van der Waals surface area contributed by atoms with Crippen molar-refractivity contribution in [3.8, 4) is 0 Å². The lowest BCUT2D eigenvalue weighted by Crippen LogP contribution is -2.27. The molecule has 1 N–H and O–H groups in total. The molecule has 0 spiro atoms. The average molecular weight is 291 g/mol. The lowest BCUT2D eigenvalue weighted by molar-refractivity contribution is -0.123. The minimum Gasteiger partial charge on any atom is -0.324 e. The second-order valence-electron chi connectivity index (χ2n) is 4.33. The van der Waals surface area contributed by atoms with Gasteiger partial charge in [0, 0.05) is 9.89 Å². The van der Waals surface area contributed by atoms with E-state index in [1.807, 2.05) is 26.8 Å². The SMILES string of the molecule is CC(C)(C)C(=O)Nc1cc(Br)ccc1Cl. The maximum Gasteiger partial charge on any atom is 0.229 e. The van der Waals surface area contributed by atoms with Crippen LogP contribution in [0.3, 0.4) is 0 Å². The van der Waals surface area contributed by atoms with Crippen molar-refractivity contribution < 1.29 is 4.79 Å². The molecule has 0 saturated carbocycles. The van der Waals surface area contributed by atoms with Crippen LogP contribution in [0.25, 0.3) is 0 Å². The molecular formula is C11H13BrClNO. The van der Waals surface area contributed by atoms with Crippen molar-refractivity contribution in [2.45, 2.75) is 20.8 Å². The molecular weight excluding hydrogens is 277 g/mol. The van der Waals surface area contributed by atoms with Crippen LogP contribution in [0.15, 0.2) is 22.7 Å². The van der Waals surface area contributed by atoms with Gasteiger partial charge in [-0.15, -0.1) is 0 Å². The molecule has 0 aliphatic heterocycles. The Hall–Kier alpha value is -0.540. The predicted octanol–water partition coefficient (Wildman–Crippen LogP) is 4.09. The number of halogens is 2. The van der Waals surface area contributed by atoms with E-state index in [9.17, 15) is 4.79 Å². The highest BCUT2D eigenvalue weighted by Gasteiger charge is 2.21. The number of hydrogen-bond donors (Lipinski definition) is 1. The number of carbonyl (C=O) groups is 1. The van der Waals surface area contributed by atoms with Crippen LogP contribution in [-0.2, 0) is 4.79 Å². The fraction of sp³-hybridized carbons (Fsp3) is 0.364. The molecule has 82 valence electrons. The van der Waals surface area contributed by atoms with Crippen molar-refractivity contribution in [3.05, 3.63) is 27.7 Å². The Morgan fingerprint density at radius 3 is 2.53 bits per heavy atom. The highest BCUT2D eigenvalue weighted by Crippen LogP contribution is 2.27. The largest absolute Gasteiger partial charge is 0.324 e. The molecule has 1 aromatic rings. The molecule has 0 aromatic heterocycles. The van der Waals surface area contributed by atoms with Gasteiger partial charge in [-0.25, -0.2) is 0 Å². The Bertz CT molecular complexity index is 385. The van der Waals surface area contributed by atoms with E-state index >= 15 is 0 Å². The minimum absolute atomic E-state index is 0.0532. The lowest BCUT2D eigenvalue weighted by atomic mass is 9.95. The zero-order chi connectivity index (χ0) is 11.6. The van der Waals surface area contributed by atoms with Crippen LogP contribution in [0.4, 0.5) is 5.69 Å². The number of nitrogens with one attached hydrogen (secondary N) is 1. The molecule has 0 atom stereocenters. The summed E-state index contributed by atoms with van der Waals surface area (Å²) in [5.74, 6) is -0.0532. The summed E-state index contributed by atoms with van der Waals surface area (Å²) >= 11 is 9.28. The fourth-order valence-corrected chi connectivity index (χ4v) is 1.43. The van der Waals surface area contributed by atoms with Gasteiger partial charge in [0.15, 0.2) is 0 Å². The Kier molecular flexibility index (Phi) is 3.79. The van der Waals surface area contributed by atoms with Gasteiger partial charge in [-0.1, -0.05) is 48.3 Å². The molecule has 0 radical (unpaired) electrons. The molecule has 0 aliphatic rings. The second kappa shape index (κ2) is 4.54. The smallest absolute Gasteiger partial charge is 0.229 e. The predicted molar refractivity (Wildman–Crippen MR) is 67.2 cm³/mol. The topological polar surface area (TPSA) is 29.1 Å². The van der Waals surface area contributed by atoms with Crippen molar-refractivity contribution in [3.63, 3.8) is 0 Å². The molecule has 15 heavy (non-hydrogen) atoms. The zero-order valence-electron chi connectivity index (χ0n) is 8.90. The summed E-state index contributed by atoms with van der Waals surface area (Å²) in [6.45, 7) is 5.57. The molecule has 0 heterocycles. The van der Waals surface area contributed by atoms with Crippen molar-refractivity contribution in [1.82, 2.24) is 0 Å². The van der Waals surface area contributed by atoms with Gasteiger partial charge in [0.2, 0.25) is 5.91 Å².